The van der Waals surface area contributed by atoms with Crippen LogP contribution in [-0.2, 0) is 6.54 Å². The van der Waals surface area contributed by atoms with Crippen LogP contribution < -0.4 is 5.32 Å². The van der Waals surface area contributed by atoms with E-state index in [2.05, 4.69) is 15.5 Å². The van der Waals surface area contributed by atoms with Crippen molar-refractivity contribution in [2.75, 3.05) is 6.54 Å². The highest BCUT2D eigenvalue weighted by molar-refractivity contribution is 6.30. The lowest BCUT2D eigenvalue weighted by Gasteiger charge is -2.00. The second-order valence-corrected chi connectivity index (χ2v) is 4.33. The largest absolute Gasteiger partial charge is 0.419 e. The zero-order valence-electron chi connectivity index (χ0n) is 10.2. The first kappa shape index (κ1) is 13.9. The molecule has 0 saturated heterocycles. The maximum Gasteiger partial charge on any atom is 0.250 e. The Balaban J connectivity index is 2.20. The zero-order valence-corrected chi connectivity index (χ0v) is 11.0. The van der Waals surface area contributed by atoms with Crippen molar-refractivity contribution in [2.24, 2.45) is 0 Å². The van der Waals surface area contributed by atoms with Gasteiger partial charge in [0.2, 0.25) is 5.89 Å². The minimum atomic E-state index is -0.734. The van der Waals surface area contributed by atoms with E-state index in [1.807, 2.05) is 6.92 Å². The molecule has 2 rings (SSSR count). The number of hydrogen-bond acceptors (Lipinski definition) is 4. The van der Waals surface area contributed by atoms with Crippen LogP contribution in [0.4, 0.5) is 8.78 Å². The average Bonchev–Trinajstić information content (AvgIpc) is 2.83. The Morgan fingerprint density at radius 2 is 2.05 bits per heavy atom. The van der Waals surface area contributed by atoms with Crippen LogP contribution in [0, 0.1) is 11.6 Å². The number of halogens is 3. The zero-order chi connectivity index (χ0) is 13.8. The second kappa shape index (κ2) is 6.08. The molecule has 0 aliphatic carbocycles. The number of nitrogens with zero attached hydrogens (tertiary/aromatic N) is 2. The summed E-state index contributed by atoms with van der Waals surface area (Å²) in [5.41, 5.74) is -0.101. The maximum absolute atomic E-state index is 13.6. The lowest BCUT2D eigenvalue weighted by atomic mass is 10.2. The summed E-state index contributed by atoms with van der Waals surface area (Å²) in [4.78, 5) is 0. The van der Waals surface area contributed by atoms with Crippen LogP contribution in [0.1, 0.15) is 19.2 Å². The first-order chi connectivity index (χ1) is 9.11. The summed E-state index contributed by atoms with van der Waals surface area (Å²) in [6, 6.07) is 1.82. The van der Waals surface area contributed by atoms with Crippen molar-refractivity contribution < 1.29 is 13.2 Å². The average molecular weight is 288 g/mol. The van der Waals surface area contributed by atoms with Gasteiger partial charge in [0.15, 0.2) is 0 Å². The van der Waals surface area contributed by atoms with E-state index in [0.717, 1.165) is 25.1 Å². The smallest absolute Gasteiger partial charge is 0.250 e. The van der Waals surface area contributed by atoms with E-state index >= 15 is 0 Å². The molecule has 102 valence electrons. The summed E-state index contributed by atoms with van der Waals surface area (Å²) in [5.74, 6) is -1.19. The second-order valence-electron chi connectivity index (χ2n) is 3.92. The van der Waals surface area contributed by atoms with Crippen LogP contribution in [0.25, 0.3) is 11.5 Å². The van der Waals surface area contributed by atoms with Crippen LogP contribution in [-0.4, -0.2) is 16.7 Å². The first-order valence-corrected chi connectivity index (χ1v) is 6.17. The number of nitrogens with one attached hydrogen (secondary N) is 1. The Kier molecular flexibility index (Phi) is 4.44. The minimum Gasteiger partial charge on any atom is -0.419 e. The van der Waals surface area contributed by atoms with E-state index in [1.165, 1.54) is 0 Å². The quantitative estimate of drug-likeness (QED) is 0.678. The fourth-order valence-corrected chi connectivity index (χ4v) is 1.64. The van der Waals surface area contributed by atoms with E-state index in [0.29, 0.717) is 12.4 Å². The predicted octanol–water partition coefficient (Wildman–Crippen LogP) is 3.17. The van der Waals surface area contributed by atoms with E-state index < -0.39 is 11.6 Å². The molecule has 2 aromatic rings. The lowest BCUT2D eigenvalue weighted by molar-refractivity contribution is 0.474. The topological polar surface area (TPSA) is 51.0 Å². The van der Waals surface area contributed by atoms with Gasteiger partial charge in [-0.15, -0.1) is 10.2 Å². The van der Waals surface area contributed by atoms with Gasteiger partial charge in [-0.3, -0.25) is 0 Å². The molecule has 0 fully saturated rings. The van der Waals surface area contributed by atoms with E-state index in [4.69, 9.17) is 16.0 Å². The summed E-state index contributed by atoms with van der Waals surface area (Å²) < 4.78 is 32.2. The van der Waals surface area contributed by atoms with Gasteiger partial charge in [0.1, 0.15) is 11.6 Å². The van der Waals surface area contributed by atoms with Crippen LogP contribution in [0.15, 0.2) is 16.5 Å². The van der Waals surface area contributed by atoms with Crippen molar-refractivity contribution in [3.8, 4) is 11.5 Å². The molecule has 1 aromatic heterocycles. The van der Waals surface area contributed by atoms with Gasteiger partial charge in [-0.1, -0.05) is 18.5 Å². The van der Waals surface area contributed by atoms with Crippen molar-refractivity contribution in [1.29, 1.82) is 0 Å². The van der Waals surface area contributed by atoms with Crippen molar-refractivity contribution >= 4 is 11.6 Å². The predicted molar refractivity (Wildman–Crippen MR) is 66.7 cm³/mol. The molecule has 1 heterocycles. The molecule has 0 bridgehead atoms. The SMILES string of the molecule is CCCNCc1nnc(-c2cc(F)c(Cl)cc2F)o1. The number of rotatable bonds is 5. The Bertz CT molecular complexity index is 574. The van der Waals surface area contributed by atoms with E-state index in [-0.39, 0.29) is 16.5 Å². The van der Waals surface area contributed by atoms with Crippen LogP contribution in [0.3, 0.4) is 0 Å². The Morgan fingerprint density at radius 3 is 2.79 bits per heavy atom. The molecule has 1 N–H and O–H groups in total. The van der Waals surface area contributed by atoms with Gasteiger partial charge >= 0.3 is 0 Å². The Morgan fingerprint density at radius 1 is 1.26 bits per heavy atom. The van der Waals surface area contributed by atoms with E-state index in [1.54, 1.807) is 0 Å². The van der Waals surface area contributed by atoms with Gasteiger partial charge in [-0.25, -0.2) is 8.78 Å². The fourth-order valence-electron chi connectivity index (χ4n) is 1.49. The molecule has 0 saturated carbocycles. The van der Waals surface area contributed by atoms with Crippen LogP contribution >= 0.6 is 11.6 Å². The third-order valence-corrected chi connectivity index (χ3v) is 2.70. The summed E-state index contributed by atoms with van der Waals surface area (Å²) in [6.45, 7) is 3.22. The molecule has 0 amide bonds. The third kappa shape index (κ3) is 3.27. The molecule has 19 heavy (non-hydrogen) atoms. The van der Waals surface area contributed by atoms with Crippen molar-refractivity contribution in [2.45, 2.75) is 19.9 Å². The van der Waals surface area contributed by atoms with E-state index in [9.17, 15) is 8.78 Å². The lowest BCUT2D eigenvalue weighted by Crippen LogP contribution is -2.13. The van der Waals surface area contributed by atoms with Gasteiger partial charge in [-0.05, 0) is 25.1 Å². The van der Waals surface area contributed by atoms with Gasteiger partial charge in [0, 0.05) is 0 Å². The molecule has 0 aliphatic heterocycles. The van der Waals surface area contributed by atoms with Gasteiger partial charge in [0.05, 0.1) is 17.1 Å². The van der Waals surface area contributed by atoms with Crippen molar-refractivity contribution in [1.82, 2.24) is 15.5 Å². The first-order valence-electron chi connectivity index (χ1n) is 5.79. The normalized spacial score (nSPS) is 10.9. The maximum atomic E-state index is 13.6. The van der Waals surface area contributed by atoms with Crippen LogP contribution in [0.5, 0.6) is 0 Å². The molecular weight excluding hydrogens is 276 g/mol. The Hall–Kier alpha value is -1.53. The summed E-state index contributed by atoms with van der Waals surface area (Å²) >= 11 is 5.47. The van der Waals surface area contributed by atoms with Crippen molar-refractivity contribution in [3.05, 3.63) is 34.7 Å². The molecule has 1 aromatic carbocycles. The highest BCUT2D eigenvalue weighted by atomic mass is 35.5. The third-order valence-electron chi connectivity index (χ3n) is 2.41. The molecule has 4 nitrogen and oxygen atoms in total. The molecule has 0 radical (unpaired) electrons. The molecule has 7 heteroatoms. The molecule has 0 atom stereocenters. The minimum absolute atomic E-state index is 0.0682. The monoisotopic (exact) mass is 287 g/mol. The molecule has 0 aliphatic rings. The molecule has 0 unspecified atom stereocenters. The summed E-state index contributed by atoms with van der Waals surface area (Å²) in [7, 11) is 0. The van der Waals surface area contributed by atoms with Gasteiger partial charge < -0.3 is 9.73 Å². The Labute approximate surface area is 113 Å². The number of aromatic nitrogens is 2. The standard InChI is InChI=1S/C12H12ClF2N3O/c1-2-3-16-6-11-17-18-12(19-11)7-4-10(15)8(13)5-9(7)14/h4-5,16H,2-3,6H2,1H3. The van der Waals surface area contributed by atoms with Gasteiger partial charge in [-0.2, -0.15) is 0 Å². The summed E-state index contributed by atoms with van der Waals surface area (Å²) in [6.07, 6.45) is 0.970. The fraction of sp³-hybridized carbons (Fsp3) is 0.333. The van der Waals surface area contributed by atoms with Gasteiger partial charge in [0.25, 0.3) is 5.89 Å². The molecule has 0 spiro atoms. The summed E-state index contributed by atoms with van der Waals surface area (Å²) in [5, 5.41) is 10.2. The van der Waals surface area contributed by atoms with Crippen molar-refractivity contribution in [3.63, 3.8) is 0 Å². The number of benzene rings is 1. The van der Waals surface area contributed by atoms with Crippen LogP contribution in [0.2, 0.25) is 5.02 Å². The highest BCUT2D eigenvalue weighted by Crippen LogP contribution is 2.26. The highest BCUT2D eigenvalue weighted by Gasteiger charge is 2.16. The number of hydrogen-bond donors (Lipinski definition) is 1. The molecular formula is C12H12ClF2N3O.